The molecule has 4 heteroatoms. The van der Waals surface area contributed by atoms with E-state index in [0.29, 0.717) is 12.5 Å². The average molecular weight is 209 g/mol. The molecule has 2 rings (SSSR count). The minimum Gasteiger partial charge on any atom is -0.396 e. The van der Waals surface area contributed by atoms with Crippen molar-refractivity contribution in [3.8, 4) is 0 Å². The van der Waals surface area contributed by atoms with Crippen LogP contribution in [0, 0.1) is 12.8 Å². The maximum absolute atomic E-state index is 9.04. The highest BCUT2D eigenvalue weighted by atomic mass is 16.3. The smallest absolute Gasteiger partial charge is 0.105 e. The first-order valence-electron chi connectivity index (χ1n) is 5.60. The lowest BCUT2D eigenvalue weighted by Crippen LogP contribution is -2.25. The topological polar surface area (TPSA) is 41.3 Å². The summed E-state index contributed by atoms with van der Waals surface area (Å²) in [7, 11) is 0. The van der Waals surface area contributed by atoms with Crippen molar-refractivity contribution in [3.05, 3.63) is 18.2 Å². The molecule has 1 N–H and O–H groups in total. The van der Waals surface area contributed by atoms with Crippen molar-refractivity contribution in [2.75, 3.05) is 26.2 Å². The van der Waals surface area contributed by atoms with Crippen LogP contribution in [-0.2, 0) is 6.54 Å². The molecule has 1 saturated heterocycles. The number of rotatable bonds is 4. The molecule has 1 unspecified atom stereocenters. The van der Waals surface area contributed by atoms with E-state index in [4.69, 9.17) is 5.11 Å². The summed E-state index contributed by atoms with van der Waals surface area (Å²) in [5, 5.41) is 9.04. The number of aryl methyl sites for hydroxylation is 1. The molecule has 84 valence electrons. The highest BCUT2D eigenvalue weighted by Crippen LogP contribution is 2.14. The number of aliphatic hydroxyl groups is 1. The standard InChI is InChI=1S/C11H19N3O/c1-10-12-3-5-14(10)7-6-13-4-2-11(8-13)9-15/h3,5,11,15H,2,4,6-9H2,1H3. The minimum absolute atomic E-state index is 0.334. The van der Waals surface area contributed by atoms with E-state index in [2.05, 4.69) is 14.5 Å². The van der Waals surface area contributed by atoms with E-state index in [1.807, 2.05) is 19.3 Å². The fourth-order valence-electron chi connectivity index (χ4n) is 2.15. The van der Waals surface area contributed by atoms with Crippen LogP contribution in [-0.4, -0.2) is 45.8 Å². The monoisotopic (exact) mass is 209 g/mol. The lowest BCUT2D eigenvalue weighted by Gasteiger charge is -2.16. The molecule has 1 atom stereocenters. The van der Waals surface area contributed by atoms with Crippen molar-refractivity contribution in [2.45, 2.75) is 19.9 Å². The summed E-state index contributed by atoms with van der Waals surface area (Å²) in [4.78, 5) is 6.61. The predicted molar refractivity (Wildman–Crippen MR) is 58.6 cm³/mol. The van der Waals surface area contributed by atoms with Gasteiger partial charge in [-0.3, -0.25) is 0 Å². The largest absolute Gasteiger partial charge is 0.396 e. The summed E-state index contributed by atoms with van der Waals surface area (Å²) in [6, 6.07) is 0. The number of nitrogens with zero attached hydrogens (tertiary/aromatic N) is 3. The molecule has 2 heterocycles. The van der Waals surface area contributed by atoms with Crippen LogP contribution in [0.25, 0.3) is 0 Å². The van der Waals surface area contributed by atoms with Crippen LogP contribution in [0.1, 0.15) is 12.2 Å². The van der Waals surface area contributed by atoms with Gasteiger partial charge >= 0.3 is 0 Å². The van der Waals surface area contributed by atoms with Gasteiger partial charge in [0.1, 0.15) is 5.82 Å². The fourth-order valence-corrected chi connectivity index (χ4v) is 2.15. The van der Waals surface area contributed by atoms with Gasteiger partial charge in [0.2, 0.25) is 0 Å². The Morgan fingerprint density at radius 1 is 1.53 bits per heavy atom. The van der Waals surface area contributed by atoms with Gasteiger partial charge < -0.3 is 14.6 Å². The highest BCUT2D eigenvalue weighted by Gasteiger charge is 2.20. The Morgan fingerprint density at radius 2 is 2.40 bits per heavy atom. The second-order valence-corrected chi connectivity index (χ2v) is 4.31. The van der Waals surface area contributed by atoms with Crippen LogP contribution in [0.2, 0.25) is 0 Å². The van der Waals surface area contributed by atoms with Crippen molar-refractivity contribution in [1.29, 1.82) is 0 Å². The molecule has 0 aromatic carbocycles. The van der Waals surface area contributed by atoms with E-state index in [-0.39, 0.29) is 0 Å². The maximum atomic E-state index is 9.04. The summed E-state index contributed by atoms with van der Waals surface area (Å²) >= 11 is 0. The van der Waals surface area contributed by atoms with Gasteiger partial charge in [0.05, 0.1) is 0 Å². The van der Waals surface area contributed by atoms with E-state index in [1.165, 1.54) is 0 Å². The summed E-state index contributed by atoms with van der Waals surface area (Å²) < 4.78 is 2.17. The summed E-state index contributed by atoms with van der Waals surface area (Å²) in [5.74, 6) is 1.57. The lowest BCUT2D eigenvalue weighted by molar-refractivity contribution is 0.220. The zero-order valence-electron chi connectivity index (χ0n) is 9.26. The first-order chi connectivity index (χ1) is 7.29. The predicted octanol–water partition coefficient (Wildman–Crippen LogP) is 0.506. The van der Waals surface area contributed by atoms with Crippen LogP contribution in [0.5, 0.6) is 0 Å². The number of likely N-dealkylation sites (tertiary alicyclic amines) is 1. The quantitative estimate of drug-likeness (QED) is 0.785. The molecule has 1 aliphatic rings. The molecular weight excluding hydrogens is 190 g/mol. The Labute approximate surface area is 90.5 Å². The number of aromatic nitrogens is 2. The summed E-state index contributed by atoms with van der Waals surface area (Å²) in [5.41, 5.74) is 0. The van der Waals surface area contributed by atoms with Gasteiger partial charge in [-0.1, -0.05) is 0 Å². The van der Waals surface area contributed by atoms with Crippen molar-refractivity contribution in [2.24, 2.45) is 5.92 Å². The molecule has 1 aromatic heterocycles. The van der Waals surface area contributed by atoms with Gasteiger partial charge in [0.25, 0.3) is 0 Å². The molecule has 0 radical (unpaired) electrons. The fraction of sp³-hybridized carbons (Fsp3) is 0.727. The van der Waals surface area contributed by atoms with E-state index in [9.17, 15) is 0 Å². The number of imidazole rings is 1. The highest BCUT2D eigenvalue weighted by molar-refractivity contribution is 4.88. The van der Waals surface area contributed by atoms with Crippen LogP contribution < -0.4 is 0 Å². The van der Waals surface area contributed by atoms with Crippen molar-refractivity contribution < 1.29 is 5.11 Å². The normalized spacial score (nSPS) is 22.4. The van der Waals surface area contributed by atoms with Crippen LogP contribution in [0.15, 0.2) is 12.4 Å². The van der Waals surface area contributed by atoms with Crippen molar-refractivity contribution >= 4 is 0 Å². The molecular formula is C11H19N3O. The first kappa shape index (κ1) is 10.6. The van der Waals surface area contributed by atoms with Gasteiger partial charge in [-0.05, 0) is 25.8 Å². The molecule has 1 aromatic rings. The zero-order chi connectivity index (χ0) is 10.7. The van der Waals surface area contributed by atoms with Gasteiger partial charge in [-0.15, -0.1) is 0 Å². The van der Waals surface area contributed by atoms with Crippen molar-refractivity contribution in [3.63, 3.8) is 0 Å². The third-order valence-electron chi connectivity index (χ3n) is 3.21. The second kappa shape index (κ2) is 4.77. The van der Waals surface area contributed by atoms with Crippen molar-refractivity contribution in [1.82, 2.24) is 14.5 Å². The Balaban J connectivity index is 1.77. The molecule has 15 heavy (non-hydrogen) atoms. The zero-order valence-corrected chi connectivity index (χ0v) is 9.26. The summed E-state index contributed by atoms with van der Waals surface area (Å²) in [6.45, 7) is 6.60. The Morgan fingerprint density at radius 3 is 3.00 bits per heavy atom. The lowest BCUT2D eigenvalue weighted by atomic mass is 10.1. The Bertz CT molecular complexity index is 311. The van der Waals surface area contributed by atoms with Crippen LogP contribution >= 0.6 is 0 Å². The van der Waals surface area contributed by atoms with E-state index < -0.39 is 0 Å². The second-order valence-electron chi connectivity index (χ2n) is 4.31. The van der Waals surface area contributed by atoms with Gasteiger partial charge in [0, 0.05) is 38.6 Å². The van der Waals surface area contributed by atoms with E-state index >= 15 is 0 Å². The van der Waals surface area contributed by atoms with E-state index in [1.54, 1.807) is 0 Å². The third-order valence-corrected chi connectivity index (χ3v) is 3.21. The Hall–Kier alpha value is -0.870. The Kier molecular flexibility index (Phi) is 3.38. The maximum Gasteiger partial charge on any atom is 0.105 e. The van der Waals surface area contributed by atoms with E-state index in [0.717, 1.165) is 38.4 Å². The minimum atomic E-state index is 0.334. The van der Waals surface area contributed by atoms with Crippen LogP contribution in [0.4, 0.5) is 0 Å². The van der Waals surface area contributed by atoms with Crippen LogP contribution in [0.3, 0.4) is 0 Å². The molecule has 1 fully saturated rings. The molecule has 4 nitrogen and oxygen atoms in total. The molecule has 0 aliphatic carbocycles. The van der Waals surface area contributed by atoms with Gasteiger partial charge in [0.15, 0.2) is 0 Å². The molecule has 0 bridgehead atoms. The number of aliphatic hydroxyl groups excluding tert-OH is 1. The summed E-state index contributed by atoms with van der Waals surface area (Å²) in [6.07, 6.45) is 5.00. The average Bonchev–Trinajstić information content (AvgIpc) is 2.84. The van der Waals surface area contributed by atoms with Gasteiger partial charge in [-0.2, -0.15) is 0 Å². The first-order valence-corrected chi connectivity index (χ1v) is 5.60. The molecule has 0 saturated carbocycles. The number of hydrogen-bond donors (Lipinski definition) is 1. The molecule has 1 aliphatic heterocycles. The third kappa shape index (κ3) is 2.58. The van der Waals surface area contributed by atoms with Gasteiger partial charge in [-0.25, -0.2) is 4.98 Å². The number of hydrogen-bond acceptors (Lipinski definition) is 3. The SMILES string of the molecule is Cc1nccn1CCN1CCC(CO)C1. The molecule has 0 amide bonds. The molecule has 0 spiro atoms.